The normalized spacial score (nSPS) is 16.0. The zero-order valence-electron chi connectivity index (χ0n) is 17.4. The maximum absolute atomic E-state index is 13.9. The smallest absolute Gasteiger partial charge is 0.251 e. The van der Waals surface area contributed by atoms with Gasteiger partial charge in [-0.25, -0.2) is 13.2 Å². The average molecular weight is 444 g/mol. The number of amides is 2. The standard InChI is InChI=1S/C24H23F3N2O3/c25-18-11-19(26)22(20(27)12-18)23(31)15-6-8-29(9-7-15)21(30)13-28-24(32)17-5-4-14-2-1-3-16(14)10-17/h4-5,10-12,15H,1-3,6-9,13H2,(H,28,32). The molecule has 4 rings (SSSR count). The van der Waals surface area contributed by atoms with Gasteiger partial charge in [-0.1, -0.05) is 6.07 Å². The Hall–Kier alpha value is -3.16. The van der Waals surface area contributed by atoms with Gasteiger partial charge in [-0.05, 0) is 55.4 Å². The van der Waals surface area contributed by atoms with Crippen LogP contribution in [0, 0.1) is 23.4 Å². The lowest BCUT2D eigenvalue weighted by molar-refractivity contribution is -0.131. The number of hydrogen-bond acceptors (Lipinski definition) is 3. The van der Waals surface area contributed by atoms with Crippen LogP contribution in [0.5, 0.6) is 0 Å². The van der Waals surface area contributed by atoms with Crippen LogP contribution in [0.1, 0.15) is 51.1 Å². The van der Waals surface area contributed by atoms with Gasteiger partial charge in [-0.2, -0.15) is 0 Å². The summed E-state index contributed by atoms with van der Waals surface area (Å²) in [7, 11) is 0. The molecule has 1 N–H and O–H groups in total. The molecule has 0 unspecified atom stereocenters. The molecule has 2 aromatic carbocycles. The number of aryl methyl sites for hydroxylation is 2. The van der Waals surface area contributed by atoms with Crippen molar-refractivity contribution >= 4 is 17.6 Å². The van der Waals surface area contributed by atoms with Crippen LogP contribution < -0.4 is 5.32 Å². The summed E-state index contributed by atoms with van der Waals surface area (Å²) in [6.07, 6.45) is 3.53. The first-order valence-corrected chi connectivity index (χ1v) is 10.7. The summed E-state index contributed by atoms with van der Waals surface area (Å²) in [6.45, 7) is 0.290. The highest BCUT2D eigenvalue weighted by Crippen LogP contribution is 2.26. The molecular weight excluding hydrogens is 421 g/mol. The minimum absolute atomic E-state index is 0.171. The molecule has 0 saturated carbocycles. The van der Waals surface area contributed by atoms with Crippen LogP contribution in [0.15, 0.2) is 30.3 Å². The van der Waals surface area contributed by atoms with E-state index in [2.05, 4.69) is 5.32 Å². The number of piperidine rings is 1. The Balaban J connectivity index is 1.29. The lowest BCUT2D eigenvalue weighted by Crippen LogP contribution is -2.45. The number of benzene rings is 2. The van der Waals surface area contributed by atoms with Crippen LogP contribution in [-0.2, 0) is 17.6 Å². The fraction of sp³-hybridized carbons (Fsp3) is 0.375. The number of nitrogens with one attached hydrogen (secondary N) is 1. The van der Waals surface area contributed by atoms with Crippen molar-refractivity contribution < 1.29 is 27.6 Å². The zero-order valence-corrected chi connectivity index (χ0v) is 17.4. The Morgan fingerprint density at radius 1 is 0.938 bits per heavy atom. The predicted molar refractivity (Wildman–Crippen MR) is 111 cm³/mol. The summed E-state index contributed by atoms with van der Waals surface area (Å²) < 4.78 is 40.9. The van der Waals surface area contributed by atoms with Crippen LogP contribution in [0.25, 0.3) is 0 Å². The highest BCUT2D eigenvalue weighted by Gasteiger charge is 2.31. The van der Waals surface area contributed by atoms with Crippen molar-refractivity contribution in [2.24, 2.45) is 5.92 Å². The monoisotopic (exact) mass is 444 g/mol. The molecule has 1 aliphatic carbocycles. The van der Waals surface area contributed by atoms with E-state index in [1.54, 1.807) is 6.07 Å². The Bertz CT molecular complexity index is 1060. The van der Waals surface area contributed by atoms with Crippen LogP contribution in [0.3, 0.4) is 0 Å². The van der Waals surface area contributed by atoms with Gasteiger partial charge < -0.3 is 10.2 Å². The van der Waals surface area contributed by atoms with Crippen molar-refractivity contribution in [3.63, 3.8) is 0 Å². The topological polar surface area (TPSA) is 66.5 Å². The molecule has 2 aromatic rings. The third-order valence-electron chi connectivity index (χ3n) is 6.23. The van der Waals surface area contributed by atoms with Crippen LogP contribution in [-0.4, -0.2) is 42.1 Å². The van der Waals surface area contributed by atoms with E-state index in [0.717, 1.165) is 19.3 Å². The molecule has 168 valence electrons. The Kier molecular flexibility index (Phi) is 6.30. The second-order valence-corrected chi connectivity index (χ2v) is 8.28. The molecule has 5 nitrogen and oxygen atoms in total. The first-order valence-electron chi connectivity index (χ1n) is 10.7. The number of fused-ring (bicyclic) bond motifs is 1. The number of hydrogen-bond donors (Lipinski definition) is 1. The molecule has 0 radical (unpaired) electrons. The molecule has 0 spiro atoms. The summed E-state index contributed by atoms with van der Waals surface area (Å²) in [4.78, 5) is 38.9. The van der Waals surface area contributed by atoms with Crippen molar-refractivity contribution in [2.45, 2.75) is 32.1 Å². The quantitative estimate of drug-likeness (QED) is 0.719. The molecule has 1 saturated heterocycles. The summed E-state index contributed by atoms with van der Waals surface area (Å²) in [5, 5.41) is 2.64. The van der Waals surface area contributed by atoms with Crippen LogP contribution in [0.4, 0.5) is 13.2 Å². The second-order valence-electron chi connectivity index (χ2n) is 8.28. The summed E-state index contributed by atoms with van der Waals surface area (Å²) in [6, 6.07) is 6.55. The maximum Gasteiger partial charge on any atom is 0.251 e. The molecule has 8 heteroatoms. The number of carbonyl (C=O) groups excluding carboxylic acids is 3. The number of carbonyl (C=O) groups is 3. The van der Waals surface area contributed by atoms with E-state index in [-0.39, 0.29) is 44.3 Å². The van der Waals surface area contributed by atoms with E-state index in [9.17, 15) is 27.6 Å². The minimum Gasteiger partial charge on any atom is -0.343 e. The van der Waals surface area contributed by atoms with E-state index in [4.69, 9.17) is 0 Å². The van der Waals surface area contributed by atoms with Crippen molar-refractivity contribution in [3.05, 3.63) is 70.0 Å². The van der Waals surface area contributed by atoms with E-state index in [1.807, 2.05) is 12.1 Å². The van der Waals surface area contributed by atoms with Gasteiger partial charge >= 0.3 is 0 Å². The number of likely N-dealkylation sites (tertiary alicyclic amines) is 1. The van der Waals surface area contributed by atoms with E-state index < -0.39 is 34.7 Å². The van der Waals surface area contributed by atoms with Crippen LogP contribution in [0.2, 0.25) is 0 Å². The molecule has 2 aliphatic rings. The summed E-state index contributed by atoms with van der Waals surface area (Å²) >= 11 is 0. The fourth-order valence-corrected chi connectivity index (χ4v) is 4.46. The Labute approximate surface area is 183 Å². The van der Waals surface area contributed by atoms with E-state index >= 15 is 0 Å². The molecule has 0 aromatic heterocycles. The van der Waals surface area contributed by atoms with Crippen molar-refractivity contribution in [1.82, 2.24) is 10.2 Å². The lowest BCUT2D eigenvalue weighted by Gasteiger charge is -2.31. The second kappa shape index (κ2) is 9.14. The Morgan fingerprint density at radius 3 is 2.28 bits per heavy atom. The minimum atomic E-state index is -1.22. The predicted octanol–water partition coefficient (Wildman–Crippen LogP) is 3.44. The summed E-state index contributed by atoms with van der Waals surface area (Å²) in [5.74, 6) is -5.52. The summed E-state index contributed by atoms with van der Waals surface area (Å²) in [5.41, 5.74) is 2.21. The first kappa shape index (κ1) is 22.0. The molecule has 32 heavy (non-hydrogen) atoms. The molecule has 1 aliphatic heterocycles. The van der Waals surface area contributed by atoms with Gasteiger partial charge in [0.05, 0.1) is 12.1 Å². The van der Waals surface area contributed by atoms with Crippen LogP contribution >= 0.6 is 0 Å². The SMILES string of the molecule is O=C(NCC(=O)N1CCC(C(=O)c2c(F)cc(F)cc2F)CC1)c1ccc2c(c1)CCC2. The fourth-order valence-electron chi connectivity index (χ4n) is 4.46. The average Bonchev–Trinajstić information content (AvgIpc) is 3.24. The molecule has 2 amide bonds. The molecule has 0 bridgehead atoms. The number of ketones is 1. The number of nitrogens with zero attached hydrogens (tertiary/aromatic N) is 1. The van der Waals surface area contributed by atoms with Gasteiger partial charge in [0.2, 0.25) is 5.91 Å². The van der Waals surface area contributed by atoms with Crippen molar-refractivity contribution in [1.29, 1.82) is 0 Å². The van der Waals surface area contributed by atoms with Crippen molar-refractivity contribution in [3.8, 4) is 0 Å². The number of halogens is 3. The molecule has 1 heterocycles. The van der Waals surface area contributed by atoms with Crippen molar-refractivity contribution in [2.75, 3.05) is 19.6 Å². The highest BCUT2D eigenvalue weighted by atomic mass is 19.1. The van der Waals surface area contributed by atoms with Gasteiger partial charge in [-0.15, -0.1) is 0 Å². The number of rotatable bonds is 5. The Morgan fingerprint density at radius 2 is 1.59 bits per heavy atom. The molecule has 1 fully saturated rings. The lowest BCUT2D eigenvalue weighted by atomic mass is 9.88. The highest BCUT2D eigenvalue weighted by molar-refractivity contribution is 5.99. The third-order valence-corrected chi connectivity index (χ3v) is 6.23. The van der Waals surface area contributed by atoms with Gasteiger partial charge in [-0.3, -0.25) is 14.4 Å². The maximum atomic E-state index is 13.9. The number of Topliss-reactive ketones (excluding diaryl/α,β-unsaturated/α-hetero) is 1. The first-order chi connectivity index (χ1) is 15.3. The third kappa shape index (κ3) is 4.54. The zero-order chi connectivity index (χ0) is 22.8. The van der Waals surface area contributed by atoms with Gasteiger partial charge in [0.25, 0.3) is 5.91 Å². The van der Waals surface area contributed by atoms with Gasteiger partial charge in [0.1, 0.15) is 17.5 Å². The molecule has 0 atom stereocenters. The largest absolute Gasteiger partial charge is 0.343 e. The molecular formula is C24H23F3N2O3. The van der Waals surface area contributed by atoms with Gasteiger partial charge in [0, 0.05) is 36.7 Å². The van der Waals surface area contributed by atoms with E-state index in [0.29, 0.717) is 17.7 Å². The van der Waals surface area contributed by atoms with Gasteiger partial charge in [0.15, 0.2) is 5.78 Å². The van der Waals surface area contributed by atoms with E-state index in [1.165, 1.54) is 16.0 Å².